The van der Waals surface area contributed by atoms with Crippen molar-refractivity contribution in [1.29, 1.82) is 0 Å². The van der Waals surface area contributed by atoms with Crippen molar-refractivity contribution in [3.8, 4) is 0 Å². The second kappa shape index (κ2) is 5.30. The van der Waals surface area contributed by atoms with Gasteiger partial charge in [0.1, 0.15) is 17.9 Å². The molecule has 2 aliphatic rings. The highest BCUT2D eigenvalue weighted by atomic mass is 35.5. The Kier molecular flexibility index (Phi) is 3.61. The fourth-order valence-corrected chi connectivity index (χ4v) is 3.21. The van der Waals surface area contributed by atoms with Gasteiger partial charge in [-0.25, -0.2) is 4.39 Å². The summed E-state index contributed by atoms with van der Waals surface area (Å²) in [5.74, 6) is -0.582. The van der Waals surface area contributed by atoms with Gasteiger partial charge in [0, 0.05) is 13.1 Å². The molecular formula is C15H16ClFN2O2. The van der Waals surface area contributed by atoms with E-state index in [0.717, 1.165) is 6.42 Å². The molecule has 112 valence electrons. The fraction of sp³-hybridized carbons (Fsp3) is 0.467. The van der Waals surface area contributed by atoms with Gasteiger partial charge < -0.3 is 9.80 Å². The maximum Gasteiger partial charge on any atom is 0.246 e. The van der Waals surface area contributed by atoms with Crippen molar-refractivity contribution in [2.45, 2.75) is 38.4 Å². The van der Waals surface area contributed by atoms with E-state index in [1.165, 1.54) is 17.0 Å². The molecule has 1 aromatic carbocycles. The van der Waals surface area contributed by atoms with Gasteiger partial charge in [0.25, 0.3) is 0 Å². The van der Waals surface area contributed by atoms with Crippen LogP contribution in [0.4, 0.5) is 4.39 Å². The third-order valence-electron chi connectivity index (χ3n) is 4.27. The molecule has 2 atom stereocenters. The average Bonchev–Trinajstić information content (AvgIpc) is 2.95. The van der Waals surface area contributed by atoms with Crippen LogP contribution in [0.2, 0.25) is 5.02 Å². The third kappa shape index (κ3) is 2.39. The number of benzene rings is 1. The first-order valence-electron chi connectivity index (χ1n) is 7.04. The SMILES string of the molecule is C[C@H]1C(=O)N2CCC[C@H]2C(=O)N1Cc1ccc(Cl)c(F)c1. The Balaban J connectivity index is 1.85. The van der Waals surface area contributed by atoms with E-state index < -0.39 is 11.9 Å². The number of carbonyl (C=O) groups is 2. The average molecular weight is 311 g/mol. The highest BCUT2D eigenvalue weighted by Crippen LogP contribution is 2.28. The molecule has 0 aliphatic carbocycles. The summed E-state index contributed by atoms with van der Waals surface area (Å²) in [6, 6.07) is 3.61. The van der Waals surface area contributed by atoms with E-state index in [0.29, 0.717) is 18.5 Å². The first kappa shape index (κ1) is 14.3. The lowest BCUT2D eigenvalue weighted by Crippen LogP contribution is -2.61. The largest absolute Gasteiger partial charge is 0.329 e. The molecule has 4 nitrogen and oxygen atoms in total. The van der Waals surface area contributed by atoms with Crippen LogP contribution in [0.1, 0.15) is 25.3 Å². The topological polar surface area (TPSA) is 40.6 Å². The predicted octanol–water partition coefficient (Wildman–Crippen LogP) is 2.20. The lowest BCUT2D eigenvalue weighted by Gasteiger charge is -2.41. The van der Waals surface area contributed by atoms with Gasteiger partial charge in [-0.3, -0.25) is 9.59 Å². The summed E-state index contributed by atoms with van der Waals surface area (Å²) in [5.41, 5.74) is 0.636. The van der Waals surface area contributed by atoms with Gasteiger partial charge in [0.2, 0.25) is 11.8 Å². The quantitative estimate of drug-likeness (QED) is 0.840. The Hall–Kier alpha value is -1.62. The molecule has 1 aromatic rings. The molecule has 2 heterocycles. The summed E-state index contributed by atoms with van der Waals surface area (Å²) >= 11 is 5.66. The van der Waals surface area contributed by atoms with E-state index in [1.54, 1.807) is 17.9 Å². The summed E-state index contributed by atoms with van der Waals surface area (Å²) in [4.78, 5) is 28.1. The van der Waals surface area contributed by atoms with E-state index in [4.69, 9.17) is 11.6 Å². The van der Waals surface area contributed by atoms with Crippen LogP contribution in [0.5, 0.6) is 0 Å². The third-order valence-corrected chi connectivity index (χ3v) is 4.57. The van der Waals surface area contributed by atoms with Crippen LogP contribution in [0.3, 0.4) is 0 Å². The van der Waals surface area contributed by atoms with E-state index in [2.05, 4.69) is 0 Å². The van der Waals surface area contributed by atoms with Crippen LogP contribution in [0, 0.1) is 5.82 Å². The predicted molar refractivity (Wildman–Crippen MR) is 76.2 cm³/mol. The van der Waals surface area contributed by atoms with Crippen molar-refractivity contribution in [2.24, 2.45) is 0 Å². The number of hydrogen-bond acceptors (Lipinski definition) is 2. The van der Waals surface area contributed by atoms with Crippen LogP contribution in [-0.2, 0) is 16.1 Å². The molecule has 2 amide bonds. The lowest BCUT2D eigenvalue weighted by atomic mass is 10.0. The van der Waals surface area contributed by atoms with Gasteiger partial charge in [-0.15, -0.1) is 0 Å². The van der Waals surface area contributed by atoms with Crippen molar-refractivity contribution < 1.29 is 14.0 Å². The highest BCUT2D eigenvalue weighted by Gasteiger charge is 2.45. The van der Waals surface area contributed by atoms with Gasteiger partial charge in [-0.05, 0) is 37.5 Å². The lowest BCUT2D eigenvalue weighted by molar-refractivity contribution is -0.159. The second-order valence-corrected chi connectivity index (χ2v) is 5.99. The summed E-state index contributed by atoms with van der Waals surface area (Å²) in [5, 5.41) is 0.0508. The minimum Gasteiger partial charge on any atom is -0.329 e. The molecule has 0 aromatic heterocycles. The molecule has 0 unspecified atom stereocenters. The molecule has 6 heteroatoms. The molecule has 21 heavy (non-hydrogen) atoms. The van der Waals surface area contributed by atoms with E-state index in [9.17, 15) is 14.0 Å². The van der Waals surface area contributed by atoms with Gasteiger partial charge in [0.05, 0.1) is 5.02 Å². The fourth-order valence-electron chi connectivity index (χ4n) is 3.09. The van der Waals surface area contributed by atoms with Gasteiger partial charge >= 0.3 is 0 Å². The van der Waals surface area contributed by atoms with E-state index in [-0.39, 0.29) is 29.4 Å². The summed E-state index contributed by atoms with van der Waals surface area (Å²) in [6.45, 7) is 2.61. The smallest absolute Gasteiger partial charge is 0.246 e. The van der Waals surface area contributed by atoms with Crippen LogP contribution < -0.4 is 0 Å². The first-order valence-corrected chi connectivity index (χ1v) is 7.41. The van der Waals surface area contributed by atoms with Gasteiger partial charge in [-0.2, -0.15) is 0 Å². The molecule has 0 saturated carbocycles. The van der Waals surface area contributed by atoms with Crippen LogP contribution in [0.25, 0.3) is 0 Å². The molecule has 0 spiro atoms. The molecule has 2 aliphatic heterocycles. The zero-order chi connectivity index (χ0) is 15.1. The van der Waals surface area contributed by atoms with Crippen molar-refractivity contribution in [2.75, 3.05) is 6.54 Å². The molecular weight excluding hydrogens is 295 g/mol. The number of amides is 2. The zero-order valence-electron chi connectivity index (χ0n) is 11.7. The van der Waals surface area contributed by atoms with Crippen molar-refractivity contribution in [3.63, 3.8) is 0 Å². The van der Waals surface area contributed by atoms with Crippen molar-refractivity contribution in [1.82, 2.24) is 9.80 Å². The molecule has 0 bridgehead atoms. The number of halogens is 2. The number of carbonyl (C=O) groups excluding carboxylic acids is 2. The number of fused-ring (bicyclic) bond motifs is 1. The number of hydrogen-bond donors (Lipinski definition) is 0. The normalized spacial score (nSPS) is 25.5. The molecule has 3 rings (SSSR count). The second-order valence-electron chi connectivity index (χ2n) is 5.58. The number of rotatable bonds is 2. The minimum absolute atomic E-state index is 0.0217. The standard InChI is InChI=1S/C15H16ClFN2O2/c1-9-14(20)18-6-2-3-13(18)15(21)19(9)8-10-4-5-11(16)12(17)7-10/h4-5,7,9,13H,2-3,6,8H2,1H3/t9-,13-/m0/s1. The Labute approximate surface area is 127 Å². The Bertz CT molecular complexity index is 607. The number of nitrogens with zero attached hydrogens (tertiary/aromatic N) is 2. The van der Waals surface area contributed by atoms with E-state index in [1.807, 2.05) is 0 Å². The van der Waals surface area contributed by atoms with Crippen LogP contribution in [0.15, 0.2) is 18.2 Å². The summed E-state index contributed by atoms with van der Waals surface area (Å²) in [7, 11) is 0. The first-order chi connectivity index (χ1) is 9.99. The van der Waals surface area contributed by atoms with E-state index >= 15 is 0 Å². The molecule has 0 radical (unpaired) electrons. The monoisotopic (exact) mass is 310 g/mol. The van der Waals surface area contributed by atoms with Gasteiger partial charge in [-0.1, -0.05) is 17.7 Å². The van der Waals surface area contributed by atoms with Crippen LogP contribution >= 0.6 is 11.6 Å². The minimum atomic E-state index is -0.514. The molecule has 2 fully saturated rings. The van der Waals surface area contributed by atoms with Crippen molar-refractivity contribution >= 4 is 23.4 Å². The highest BCUT2D eigenvalue weighted by molar-refractivity contribution is 6.30. The summed E-state index contributed by atoms with van der Waals surface area (Å²) < 4.78 is 13.5. The van der Waals surface area contributed by atoms with Crippen LogP contribution in [-0.4, -0.2) is 40.2 Å². The maximum absolute atomic E-state index is 13.5. The Morgan fingerprint density at radius 3 is 2.81 bits per heavy atom. The van der Waals surface area contributed by atoms with Gasteiger partial charge in [0.15, 0.2) is 0 Å². The Morgan fingerprint density at radius 2 is 2.10 bits per heavy atom. The molecule has 2 saturated heterocycles. The summed E-state index contributed by atoms with van der Waals surface area (Å²) in [6.07, 6.45) is 1.57. The maximum atomic E-state index is 13.5. The Morgan fingerprint density at radius 1 is 1.33 bits per heavy atom. The molecule has 0 N–H and O–H groups in total. The zero-order valence-corrected chi connectivity index (χ0v) is 12.4. The number of piperazine rings is 1. The van der Waals surface area contributed by atoms with Crippen molar-refractivity contribution in [3.05, 3.63) is 34.6 Å².